The second-order valence-corrected chi connectivity index (χ2v) is 9.64. The Labute approximate surface area is 157 Å². The molecule has 0 bridgehead atoms. The van der Waals surface area contributed by atoms with Crippen LogP contribution in [0.5, 0.6) is 0 Å². The largest absolute Gasteiger partial charge is 0.481 e. The van der Waals surface area contributed by atoms with E-state index in [2.05, 4.69) is 19.6 Å². The summed E-state index contributed by atoms with van der Waals surface area (Å²) >= 11 is 0. The molecule has 0 heterocycles. The molecule has 0 aromatic carbocycles. The number of carboxylic acids is 1. The number of hydrogen-bond acceptors (Lipinski definition) is 2. The molecule has 4 aliphatic carbocycles. The Morgan fingerprint density at radius 2 is 2.00 bits per heavy atom. The number of aliphatic hydroxyl groups is 1. The van der Waals surface area contributed by atoms with Crippen LogP contribution in [0.2, 0.25) is 0 Å². The van der Waals surface area contributed by atoms with Gasteiger partial charge in [-0.3, -0.25) is 4.79 Å². The van der Waals surface area contributed by atoms with E-state index in [1.54, 1.807) is 5.57 Å². The molecule has 0 saturated heterocycles. The maximum atomic E-state index is 11.6. The first kappa shape index (κ1) is 18.3. The highest BCUT2D eigenvalue weighted by Crippen LogP contribution is 2.66. The van der Waals surface area contributed by atoms with E-state index in [0.29, 0.717) is 12.3 Å². The molecule has 0 aromatic rings. The minimum atomic E-state index is -0.874. The first-order valence-electron chi connectivity index (χ1n) is 10.7. The van der Waals surface area contributed by atoms with Gasteiger partial charge in [-0.05, 0) is 93.5 Å². The zero-order valence-electron chi connectivity index (χ0n) is 16.2. The highest BCUT2D eigenvalue weighted by atomic mass is 16.4. The van der Waals surface area contributed by atoms with Crippen molar-refractivity contribution in [1.82, 2.24) is 0 Å². The summed E-state index contributed by atoms with van der Waals surface area (Å²) in [5, 5.41) is 20.7. The Morgan fingerprint density at radius 1 is 1.19 bits per heavy atom. The first-order chi connectivity index (χ1) is 12.4. The van der Waals surface area contributed by atoms with Crippen molar-refractivity contribution in [2.75, 3.05) is 0 Å². The van der Waals surface area contributed by atoms with Crippen molar-refractivity contribution in [1.29, 1.82) is 0 Å². The maximum Gasteiger partial charge on any atom is 0.303 e. The highest BCUT2D eigenvalue weighted by Gasteiger charge is 2.62. The number of aliphatic carboxylic acids is 1. The van der Waals surface area contributed by atoms with Gasteiger partial charge in [-0.2, -0.15) is 0 Å². The van der Waals surface area contributed by atoms with Gasteiger partial charge in [0.15, 0.2) is 0 Å². The molecule has 0 aromatic heterocycles. The minimum Gasteiger partial charge on any atom is -0.481 e. The summed E-state index contributed by atoms with van der Waals surface area (Å²) in [6, 6.07) is 0. The number of carbonyl (C=O) groups is 1. The van der Waals surface area contributed by atoms with Crippen molar-refractivity contribution in [3.05, 3.63) is 23.8 Å². The van der Waals surface area contributed by atoms with Crippen LogP contribution in [0.3, 0.4) is 0 Å². The van der Waals surface area contributed by atoms with Crippen molar-refractivity contribution in [2.45, 2.75) is 83.2 Å². The average Bonchev–Trinajstić information content (AvgIpc) is 2.92. The van der Waals surface area contributed by atoms with E-state index >= 15 is 0 Å². The predicted molar refractivity (Wildman–Crippen MR) is 103 cm³/mol. The number of fused-ring (bicyclic) bond motifs is 5. The Hall–Kier alpha value is -1.09. The monoisotopic (exact) mass is 358 g/mol. The summed E-state index contributed by atoms with van der Waals surface area (Å²) in [5.41, 5.74) is 1.50. The Morgan fingerprint density at radius 3 is 2.77 bits per heavy atom. The van der Waals surface area contributed by atoms with E-state index in [4.69, 9.17) is 5.11 Å². The lowest BCUT2D eigenvalue weighted by molar-refractivity contribution is -0.137. The van der Waals surface area contributed by atoms with Gasteiger partial charge in [0.1, 0.15) is 0 Å². The minimum absolute atomic E-state index is 0.0736. The van der Waals surface area contributed by atoms with Gasteiger partial charge in [-0.1, -0.05) is 25.2 Å². The van der Waals surface area contributed by atoms with Crippen LogP contribution in [-0.2, 0) is 4.79 Å². The van der Waals surface area contributed by atoms with Gasteiger partial charge in [-0.25, -0.2) is 0 Å². The molecule has 3 nitrogen and oxygen atoms in total. The molecule has 0 amide bonds. The molecule has 0 radical (unpaired) electrons. The molecular weight excluding hydrogens is 324 g/mol. The fraction of sp³-hybridized carbons (Fsp3) is 0.783. The van der Waals surface area contributed by atoms with Gasteiger partial charge in [0.25, 0.3) is 0 Å². The Bertz CT molecular complexity index is 635. The Kier molecular flexibility index (Phi) is 4.58. The van der Waals surface area contributed by atoms with Crippen LogP contribution in [0, 0.1) is 29.1 Å². The number of rotatable bonds is 4. The van der Waals surface area contributed by atoms with Crippen LogP contribution in [-0.4, -0.2) is 21.8 Å². The smallest absolute Gasteiger partial charge is 0.303 e. The van der Waals surface area contributed by atoms with Gasteiger partial charge >= 0.3 is 5.97 Å². The SMILES string of the molecule is C=C(CCC(=O)O)[C@]1(O)CC[C@H]2[C@@H]3CCC4=CCCC[C@@H]4[C@H]3CC[C@@]21C. The predicted octanol–water partition coefficient (Wildman–Crippen LogP) is 5.10. The molecule has 144 valence electrons. The summed E-state index contributed by atoms with van der Waals surface area (Å²) in [7, 11) is 0. The van der Waals surface area contributed by atoms with Crippen molar-refractivity contribution >= 4 is 5.97 Å². The van der Waals surface area contributed by atoms with Crippen molar-refractivity contribution in [3.63, 3.8) is 0 Å². The zero-order chi connectivity index (χ0) is 18.5. The highest BCUT2D eigenvalue weighted by molar-refractivity contribution is 5.67. The molecule has 2 N–H and O–H groups in total. The van der Waals surface area contributed by atoms with E-state index in [-0.39, 0.29) is 11.8 Å². The number of carboxylic acid groups (broad SMARTS) is 1. The van der Waals surface area contributed by atoms with Crippen LogP contribution < -0.4 is 0 Å². The summed E-state index contributed by atoms with van der Waals surface area (Å²) in [5.74, 6) is 2.10. The van der Waals surface area contributed by atoms with E-state index < -0.39 is 11.6 Å². The molecule has 0 aliphatic heterocycles. The van der Waals surface area contributed by atoms with Crippen LogP contribution >= 0.6 is 0 Å². The molecule has 4 rings (SSSR count). The van der Waals surface area contributed by atoms with Crippen LogP contribution in [0.1, 0.15) is 77.6 Å². The number of hydrogen-bond donors (Lipinski definition) is 2. The summed E-state index contributed by atoms with van der Waals surface area (Å²) in [4.78, 5) is 11.0. The lowest BCUT2D eigenvalue weighted by atomic mass is 9.50. The topological polar surface area (TPSA) is 57.5 Å². The van der Waals surface area contributed by atoms with Crippen molar-refractivity contribution in [3.8, 4) is 0 Å². The summed E-state index contributed by atoms with van der Waals surface area (Å²) < 4.78 is 0. The van der Waals surface area contributed by atoms with E-state index in [0.717, 1.165) is 42.6 Å². The molecular formula is C23H34O3. The summed E-state index contributed by atoms with van der Waals surface area (Å²) in [6.45, 7) is 6.44. The van der Waals surface area contributed by atoms with E-state index in [1.807, 2.05) is 0 Å². The third kappa shape index (κ3) is 2.61. The fourth-order valence-corrected chi connectivity index (χ4v) is 7.36. The van der Waals surface area contributed by atoms with E-state index in [1.165, 1.54) is 38.5 Å². The van der Waals surface area contributed by atoms with Gasteiger partial charge in [0.2, 0.25) is 0 Å². The lowest BCUT2D eigenvalue weighted by Gasteiger charge is -2.56. The van der Waals surface area contributed by atoms with Gasteiger partial charge in [0.05, 0.1) is 5.60 Å². The third-order valence-electron chi connectivity index (χ3n) is 8.75. The zero-order valence-corrected chi connectivity index (χ0v) is 16.2. The van der Waals surface area contributed by atoms with Crippen molar-refractivity contribution < 1.29 is 15.0 Å². The second-order valence-electron chi connectivity index (χ2n) is 9.64. The fourth-order valence-electron chi connectivity index (χ4n) is 7.36. The molecule has 3 fully saturated rings. The van der Waals surface area contributed by atoms with Crippen molar-refractivity contribution in [2.24, 2.45) is 29.1 Å². The van der Waals surface area contributed by atoms with Gasteiger partial charge in [0, 0.05) is 11.8 Å². The average molecular weight is 359 g/mol. The third-order valence-corrected chi connectivity index (χ3v) is 8.75. The molecule has 4 aliphatic rings. The van der Waals surface area contributed by atoms with Crippen LogP contribution in [0.25, 0.3) is 0 Å². The Balaban J connectivity index is 1.56. The number of allylic oxidation sites excluding steroid dienone is 2. The quantitative estimate of drug-likeness (QED) is 0.687. The molecule has 0 unspecified atom stereocenters. The molecule has 0 spiro atoms. The van der Waals surface area contributed by atoms with Crippen LogP contribution in [0.4, 0.5) is 0 Å². The molecule has 26 heavy (non-hydrogen) atoms. The lowest BCUT2D eigenvalue weighted by Crippen LogP contribution is -2.53. The maximum absolute atomic E-state index is 11.6. The second kappa shape index (κ2) is 6.51. The summed E-state index contributed by atoms with van der Waals surface area (Å²) in [6.07, 6.45) is 13.6. The van der Waals surface area contributed by atoms with Gasteiger partial charge < -0.3 is 10.2 Å². The molecule has 3 heteroatoms. The molecule has 6 atom stereocenters. The van der Waals surface area contributed by atoms with Crippen LogP contribution in [0.15, 0.2) is 23.8 Å². The molecule has 3 saturated carbocycles. The first-order valence-corrected chi connectivity index (χ1v) is 10.7. The standard InChI is InChI=1S/C23H34O3/c1-15(7-10-21(24)25)23(26)14-12-20-19-9-8-16-5-3-4-6-17(16)18(19)11-13-22(20,23)2/h5,17-20,26H,1,3-4,6-14H2,2H3,(H,24,25)/t17-,18+,19+,20-,22-,23+/m0/s1. The normalized spacial score (nSPS) is 44.5. The van der Waals surface area contributed by atoms with E-state index in [9.17, 15) is 9.90 Å². The van der Waals surface area contributed by atoms with Gasteiger partial charge in [-0.15, -0.1) is 0 Å².